The van der Waals surface area contributed by atoms with Crippen molar-refractivity contribution in [1.82, 2.24) is 9.47 Å². The molecule has 1 saturated heterocycles. The third-order valence-corrected chi connectivity index (χ3v) is 6.43. The standard InChI is InChI=1S/C26H24FN3O3S/c1-15-9-16(2)11-22(10-15)30-17(3)12-19(18(30)4)13-23-25(32)29(26(33)34-23)14-24(31)28-21-7-5-20(27)6-8-21/h5-13H,14H2,1-4H3,(H,28,31)/b23-13-. The number of amides is 3. The second-order valence-corrected chi connectivity index (χ2v) is 9.32. The molecule has 4 rings (SSSR count). The van der Waals surface area contributed by atoms with E-state index in [1.54, 1.807) is 6.08 Å². The lowest BCUT2D eigenvalue weighted by molar-refractivity contribution is -0.127. The third kappa shape index (κ3) is 4.82. The Bertz CT molecular complexity index is 1320. The van der Waals surface area contributed by atoms with E-state index in [1.165, 1.54) is 24.3 Å². The van der Waals surface area contributed by atoms with Gasteiger partial charge in [0.15, 0.2) is 0 Å². The van der Waals surface area contributed by atoms with Crippen molar-refractivity contribution in [2.45, 2.75) is 27.7 Å². The average Bonchev–Trinajstić information content (AvgIpc) is 3.18. The van der Waals surface area contributed by atoms with Gasteiger partial charge in [0.25, 0.3) is 11.1 Å². The van der Waals surface area contributed by atoms with Gasteiger partial charge in [-0.15, -0.1) is 0 Å². The number of halogens is 1. The van der Waals surface area contributed by atoms with Gasteiger partial charge in [-0.05, 0) is 105 Å². The molecule has 0 bridgehead atoms. The summed E-state index contributed by atoms with van der Waals surface area (Å²) in [6, 6.07) is 13.5. The number of hydrogen-bond acceptors (Lipinski definition) is 4. The summed E-state index contributed by atoms with van der Waals surface area (Å²) in [5.74, 6) is -1.48. The normalized spacial score (nSPS) is 14.9. The highest BCUT2D eigenvalue weighted by molar-refractivity contribution is 8.18. The predicted molar refractivity (Wildman–Crippen MR) is 132 cm³/mol. The smallest absolute Gasteiger partial charge is 0.294 e. The summed E-state index contributed by atoms with van der Waals surface area (Å²) in [6.07, 6.45) is 1.70. The molecule has 2 aromatic carbocycles. The van der Waals surface area contributed by atoms with E-state index in [-0.39, 0.29) is 4.91 Å². The summed E-state index contributed by atoms with van der Waals surface area (Å²) in [5.41, 5.74) is 6.52. The summed E-state index contributed by atoms with van der Waals surface area (Å²) < 4.78 is 15.2. The Kier molecular flexibility index (Phi) is 6.43. The van der Waals surface area contributed by atoms with Crippen LogP contribution in [0.2, 0.25) is 0 Å². The molecule has 3 aromatic rings. The summed E-state index contributed by atoms with van der Waals surface area (Å²) in [7, 11) is 0. The van der Waals surface area contributed by atoms with Crippen LogP contribution in [-0.4, -0.2) is 33.1 Å². The number of carbonyl (C=O) groups excluding carboxylic acids is 3. The molecule has 0 saturated carbocycles. The van der Waals surface area contributed by atoms with Crippen LogP contribution < -0.4 is 5.32 Å². The Morgan fingerprint density at radius 1 is 1.00 bits per heavy atom. The topological polar surface area (TPSA) is 71.4 Å². The molecule has 0 spiro atoms. The van der Waals surface area contributed by atoms with Gasteiger partial charge >= 0.3 is 0 Å². The first-order chi connectivity index (χ1) is 16.1. The number of hydrogen-bond donors (Lipinski definition) is 1. The van der Waals surface area contributed by atoms with Crippen LogP contribution in [0.1, 0.15) is 28.1 Å². The highest BCUT2D eigenvalue weighted by Gasteiger charge is 2.36. The quantitative estimate of drug-likeness (QED) is 0.491. The number of rotatable bonds is 5. The summed E-state index contributed by atoms with van der Waals surface area (Å²) in [6.45, 7) is 7.65. The van der Waals surface area contributed by atoms with Crippen LogP contribution in [0.4, 0.5) is 14.9 Å². The van der Waals surface area contributed by atoms with E-state index in [4.69, 9.17) is 0 Å². The second kappa shape index (κ2) is 9.30. The van der Waals surface area contributed by atoms with Crippen molar-refractivity contribution in [2.75, 3.05) is 11.9 Å². The molecular formula is C26H24FN3O3S. The van der Waals surface area contributed by atoms with E-state index < -0.39 is 29.4 Å². The van der Waals surface area contributed by atoms with Gasteiger partial charge in [-0.3, -0.25) is 19.3 Å². The number of aryl methyl sites for hydroxylation is 3. The van der Waals surface area contributed by atoms with Gasteiger partial charge in [-0.25, -0.2) is 4.39 Å². The van der Waals surface area contributed by atoms with E-state index >= 15 is 0 Å². The van der Waals surface area contributed by atoms with E-state index in [9.17, 15) is 18.8 Å². The van der Waals surface area contributed by atoms with Crippen LogP contribution in [-0.2, 0) is 9.59 Å². The molecule has 8 heteroatoms. The number of aromatic nitrogens is 1. The fourth-order valence-corrected chi connectivity index (χ4v) is 4.89. The molecule has 0 atom stereocenters. The van der Waals surface area contributed by atoms with Crippen molar-refractivity contribution in [3.63, 3.8) is 0 Å². The molecule has 1 aliphatic rings. The number of anilines is 1. The highest BCUT2D eigenvalue weighted by atomic mass is 32.2. The Hall–Kier alpha value is -3.65. The molecule has 1 aromatic heterocycles. The van der Waals surface area contributed by atoms with Crippen LogP contribution >= 0.6 is 11.8 Å². The fraction of sp³-hybridized carbons (Fsp3) is 0.192. The Labute approximate surface area is 201 Å². The number of nitrogens with zero attached hydrogens (tertiary/aromatic N) is 2. The van der Waals surface area contributed by atoms with Crippen molar-refractivity contribution < 1.29 is 18.8 Å². The van der Waals surface area contributed by atoms with E-state index in [0.717, 1.165) is 50.4 Å². The number of imide groups is 1. The van der Waals surface area contributed by atoms with Gasteiger partial charge in [-0.1, -0.05) is 6.07 Å². The molecule has 0 aliphatic carbocycles. The Morgan fingerprint density at radius 2 is 1.65 bits per heavy atom. The molecule has 0 unspecified atom stereocenters. The van der Waals surface area contributed by atoms with E-state index in [0.29, 0.717) is 5.69 Å². The van der Waals surface area contributed by atoms with Crippen LogP contribution in [0.15, 0.2) is 53.4 Å². The number of thioether (sulfide) groups is 1. The second-order valence-electron chi connectivity index (χ2n) is 8.33. The zero-order chi connectivity index (χ0) is 24.6. The zero-order valence-electron chi connectivity index (χ0n) is 19.3. The van der Waals surface area contributed by atoms with Crippen LogP contribution in [0.3, 0.4) is 0 Å². The zero-order valence-corrected chi connectivity index (χ0v) is 20.1. The monoisotopic (exact) mass is 477 g/mol. The lowest BCUT2D eigenvalue weighted by atomic mass is 10.1. The van der Waals surface area contributed by atoms with Gasteiger partial charge < -0.3 is 9.88 Å². The Morgan fingerprint density at radius 3 is 2.29 bits per heavy atom. The molecular weight excluding hydrogens is 453 g/mol. The minimum absolute atomic E-state index is 0.264. The molecule has 174 valence electrons. The highest BCUT2D eigenvalue weighted by Crippen LogP contribution is 2.34. The van der Waals surface area contributed by atoms with Gasteiger partial charge in [0, 0.05) is 22.8 Å². The number of benzene rings is 2. The Balaban J connectivity index is 1.54. The van der Waals surface area contributed by atoms with Crippen LogP contribution in [0.5, 0.6) is 0 Å². The molecule has 1 aliphatic heterocycles. The molecule has 2 heterocycles. The van der Waals surface area contributed by atoms with Crippen molar-refractivity contribution in [1.29, 1.82) is 0 Å². The molecule has 34 heavy (non-hydrogen) atoms. The lowest BCUT2D eigenvalue weighted by Crippen LogP contribution is -2.36. The first-order valence-electron chi connectivity index (χ1n) is 10.7. The lowest BCUT2D eigenvalue weighted by Gasteiger charge is -2.12. The first kappa shape index (κ1) is 23.5. The minimum atomic E-state index is -0.539. The largest absolute Gasteiger partial charge is 0.325 e. The average molecular weight is 478 g/mol. The minimum Gasteiger partial charge on any atom is -0.325 e. The van der Waals surface area contributed by atoms with Gasteiger partial charge in [0.2, 0.25) is 5.91 Å². The SMILES string of the molecule is Cc1cc(C)cc(-n2c(C)cc(/C=C3\SC(=O)N(CC(=O)Nc4ccc(F)cc4)C3=O)c2C)c1. The van der Waals surface area contributed by atoms with E-state index in [1.807, 2.05) is 33.8 Å². The maximum atomic E-state index is 13.0. The van der Waals surface area contributed by atoms with Gasteiger partial charge in [0.05, 0.1) is 4.91 Å². The maximum Gasteiger partial charge on any atom is 0.294 e. The molecule has 1 N–H and O–H groups in total. The first-order valence-corrected chi connectivity index (χ1v) is 11.5. The van der Waals surface area contributed by atoms with Crippen molar-refractivity contribution in [3.8, 4) is 5.69 Å². The van der Waals surface area contributed by atoms with Gasteiger partial charge in [0.1, 0.15) is 12.4 Å². The summed E-state index contributed by atoms with van der Waals surface area (Å²) >= 11 is 0.811. The molecule has 3 amide bonds. The molecule has 0 radical (unpaired) electrons. The van der Waals surface area contributed by atoms with Crippen LogP contribution in [0, 0.1) is 33.5 Å². The van der Waals surface area contributed by atoms with Crippen LogP contribution in [0.25, 0.3) is 11.8 Å². The third-order valence-electron chi connectivity index (χ3n) is 5.52. The van der Waals surface area contributed by atoms with Crippen molar-refractivity contribution in [3.05, 3.63) is 87.3 Å². The van der Waals surface area contributed by atoms with Crippen molar-refractivity contribution in [2.24, 2.45) is 0 Å². The van der Waals surface area contributed by atoms with Crippen molar-refractivity contribution >= 4 is 40.6 Å². The predicted octanol–water partition coefficient (Wildman–Crippen LogP) is 5.53. The molecule has 1 fully saturated rings. The fourth-order valence-electron chi connectivity index (χ4n) is 4.07. The molecule has 6 nitrogen and oxygen atoms in total. The van der Waals surface area contributed by atoms with E-state index in [2.05, 4.69) is 28.1 Å². The maximum absolute atomic E-state index is 13.0. The summed E-state index contributed by atoms with van der Waals surface area (Å²) in [5, 5.41) is 2.06. The number of carbonyl (C=O) groups is 3. The summed E-state index contributed by atoms with van der Waals surface area (Å²) in [4.78, 5) is 38.9. The number of nitrogens with one attached hydrogen (secondary N) is 1. The van der Waals surface area contributed by atoms with Gasteiger partial charge in [-0.2, -0.15) is 0 Å².